The lowest BCUT2D eigenvalue weighted by atomic mass is 9.90. The maximum Gasteiger partial charge on any atom is 0.407 e. The molecule has 1 aromatic rings. The molecule has 19 heavy (non-hydrogen) atoms. The molecule has 4 heteroatoms. The van der Waals surface area contributed by atoms with E-state index in [-0.39, 0.29) is 17.7 Å². The van der Waals surface area contributed by atoms with Crippen molar-refractivity contribution in [1.29, 1.82) is 0 Å². The van der Waals surface area contributed by atoms with Crippen molar-refractivity contribution in [2.75, 3.05) is 6.61 Å². The average Bonchev–Trinajstić information content (AvgIpc) is 2.44. The molecule has 2 atom stereocenters. The number of nitrogens with one attached hydrogen (secondary N) is 1. The van der Waals surface area contributed by atoms with Crippen LogP contribution in [0.15, 0.2) is 30.3 Å². The third-order valence-electron chi connectivity index (χ3n) is 3.06. The van der Waals surface area contributed by atoms with E-state index in [1.165, 1.54) is 0 Å². The minimum absolute atomic E-state index is 0.116. The molecule has 104 valence electrons. The molecule has 0 fully saturated rings. The third-order valence-corrected chi connectivity index (χ3v) is 3.06. The first-order valence-corrected chi connectivity index (χ1v) is 6.61. The van der Waals surface area contributed by atoms with Crippen LogP contribution in [0.2, 0.25) is 0 Å². The highest BCUT2D eigenvalue weighted by Crippen LogP contribution is 2.23. The second kappa shape index (κ2) is 7.56. The SMILES string of the molecule is CCOC(=O)N[C@H](c1ccccc1)[C@H](C)C(=O)CC. The topological polar surface area (TPSA) is 55.4 Å². The summed E-state index contributed by atoms with van der Waals surface area (Å²) >= 11 is 0. The van der Waals surface area contributed by atoms with Gasteiger partial charge in [-0.3, -0.25) is 4.79 Å². The van der Waals surface area contributed by atoms with Crippen LogP contribution in [0.25, 0.3) is 0 Å². The number of rotatable bonds is 6. The van der Waals surface area contributed by atoms with Gasteiger partial charge in [-0.25, -0.2) is 4.79 Å². The number of ketones is 1. The van der Waals surface area contributed by atoms with E-state index in [1.807, 2.05) is 44.2 Å². The lowest BCUT2D eigenvalue weighted by Crippen LogP contribution is -2.35. The molecule has 0 aliphatic rings. The zero-order chi connectivity index (χ0) is 14.3. The standard InChI is InChI=1S/C15H21NO3/c1-4-13(17)11(3)14(16-15(18)19-5-2)12-9-7-6-8-10-12/h6-11,14H,4-5H2,1-3H3,(H,16,18)/t11-,14+/m1/s1. The van der Waals surface area contributed by atoms with Gasteiger partial charge in [0, 0.05) is 12.3 Å². The molecule has 0 saturated carbocycles. The first kappa shape index (κ1) is 15.2. The molecule has 0 aromatic heterocycles. The van der Waals surface area contributed by atoms with E-state index in [4.69, 9.17) is 4.74 Å². The summed E-state index contributed by atoms with van der Waals surface area (Å²) in [5.74, 6) is -0.164. The minimum atomic E-state index is -0.493. The molecule has 0 aliphatic heterocycles. The number of carbonyl (C=O) groups excluding carboxylic acids is 2. The van der Waals surface area contributed by atoms with Gasteiger partial charge >= 0.3 is 6.09 Å². The van der Waals surface area contributed by atoms with Gasteiger partial charge in [-0.15, -0.1) is 0 Å². The van der Waals surface area contributed by atoms with Crippen LogP contribution in [0, 0.1) is 5.92 Å². The molecule has 0 aliphatic carbocycles. The van der Waals surface area contributed by atoms with Gasteiger partial charge in [0.05, 0.1) is 12.6 Å². The van der Waals surface area contributed by atoms with Gasteiger partial charge in [0.1, 0.15) is 5.78 Å². The Hall–Kier alpha value is -1.84. The van der Waals surface area contributed by atoms with Gasteiger partial charge in [0.15, 0.2) is 0 Å². The molecule has 0 heterocycles. The highest BCUT2D eigenvalue weighted by Gasteiger charge is 2.26. The second-order valence-corrected chi connectivity index (χ2v) is 4.36. The number of Topliss-reactive ketones (excluding diaryl/α,β-unsaturated/α-hetero) is 1. The normalized spacial score (nSPS) is 13.4. The van der Waals surface area contributed by atoms with Crippen molar-refractivity contribution in [2.45, 2.75) is 33.2 Å². The number of benzene rings is 1. The van der Waals surface area contributed by atoms with Crippen molar-refractivity contribution >= 4 is 11.9 Å². The van der Waals surface area contributed by atoms with Crippen LogP contribution >= 0.6 is 0 Å². The summed E-state index contributed by atoms with van der Waals surface area (Å²) in [6.07, 6.45) is -0.0400. The third kappa shape index (κ3) is 4.39. The molecule has 1 amide bonds. The van der Waals surface area contributed by atoms with Gasteiger partial charge in [-0.1, -0.05) is 44.2 Å². The van der Waals surface area contributed by atoms with Gasteiger partial charge in [0.25, 0.3) is 0 Å². The fourth-order valence-electron chi connectivity index (χ4n) is 1.96. The number of ether oxygens (including phenoxy) is 1. The molecule has 1 N–H and O–H groups in total. The van der Waals surface area contributed by atoms with Crippen LogP contribution in [-0.4, -0.2) is 18.5 Å². The van der Waals surface area contributed by atoms with Crippen LogP contribution in [0.1, 0.15) is 38.8 Å². The van der Waals surface area contributed by atoms with Gasteiger partial charge in [0.2, 0.25) is 0 Å². The lowest BCUT2D eigenvalue weighted by molar-refractivity contribution is -0.122. The van der Waals surface area contributed by atoms with Crippen molar-refractivity contribution in [1.82, 2.24) is 5.32 Å². The first-order valence-electron chi connectivity index (χ1n) is 6.61. The summed E-state index contributed by atoms with van der Waals surface area (Å²) in [6.45, 7) is 5.71. The van der Waals surface area contributed by atoms with Crippen molar-refractivity contribution in [3.05, 3.63) is 35.9 Å². The Morgan fingerprint density at radius 3 is 2.37 bits per heavy atom. The Morgan fingerprint density at radius 1 is 1.21 bits per heavy atom. The van der Waals surface area contributed by atoms with Gasteiger partial charge < -0.3 is 10.1 Å². The van der Waals surface area contributed by atoms with E-state index in [1.54, 1.807) is 6.92 Å². The second-order valence-electron chi connectivity index (χ2n) is 4.36. The average molecular weight is 263 g/mol. The van der Waals surface area contributed by atoms with Gasteiger partial charge in [-0.2, -0.15) is 0 Å². The molecular formula is C15H21NO3. The monoisotopic (exact) mass is 263 g/mol. The number of hydrogen-bond donors (Lipinski definition) is 1. The van der Waals surface area contributed by atoms with E-state index in [9.17, 15) is 9.59 Å². The first-order chi connectivity index (χ1) is 9.10. The summed E-state index contributed by atoms with van der Waals surface area (Å²) < 4.78 is 4.90. The smallest absolute Gasteiger partial charge is 0.407 e. The summed E-state index contributed by atoms with van der Waals surface area (Å²) in [5, 5.41) is 2.77. The fourth-order valence-corrected chi connectivity index (χ4v) is 1.96. The van der Waals surface area contributed by atoms with Gasteiger partial charge in [-0.05, 0) is 12.5 Å². The highest BCUT2D eigenvalue weighted by molar-refractivity contribution is 5.82. The zero-order valence-corrected chi connectivity index (χ0v) is 11.7. The molecule has 0 unspecified atom stereocenters. The Bertz CT molecular complexity index is 417. The van der Waals surface area contributed by atoms with E-state index in [0.717, 1.165) is 5.56 Å². The maximum atomic E-state index is 11.9. The molecule has 0 spiro atoms. The Balaban J connectivity index is 2.91. The van der Waals surface area contributed by atoms with E-state index in [0.29, 0.717) is 13.0 Å². The lowest BCUT2D eigenvalue weighted by Gasteiger charge is -2.24. The van der Waals surface area contributed by atoms with E-state index >= 15 is 0 Å². The largest absolute Gasteiger partial charge is 0.450 e. The zero-order valence-electron chi connectivity index (χ0n) is 11.7. The van der Waals surface area contributed by atoms with E-state index in [2.05, 4.69) is 5.32 Å². The van der Waals surface area contributed by atoms with Crippen molar-refractivity contribution in [3.63, 3.8) is 0 Å². The van der Waals surface area contributed by atoms with Crippen molar-refractivity contribution in [3.8, 4) is 0 Å². The molecule has 0 saturated heterocycles. The highest BCUT2D eigenvalue weighted by atomic mass is 16.5. The van der Waals surface area contributed by atoms with Crippen LogP contribution in [0.4, 0.5) is 4.79 Å². The number of alkyl carbamates (subject to hydrolysis) is 1. The summed E-state index contributed by atoms with van der Waals surface area (Å²) in [7, 11) is 0. The van der Waals surface area contributed by atoms with Crippen LogP contribution in [0.5, 0.6) is 0 Å². The molecule has 1 rings (SSSR count). The summed E-state index contributed by atoms with van der Waals surface area (Å²) in [4.78, 5) is 23.5. The molecule has 0 bridgehead atoms. The Labute approximate surface area is 114 Å². The molecular weight excluding hydrogens is 242 g/mol. The molecule has 1 aromatic carbocycles. The van der Waals surface area contributed by atoms with Crippen molar-refractivity contribution < 1.29 is 14.3 Å². The maximum absolute atomic E-state index is 11.9. The van der Waals surface area contributed by atoms with Crippen LogP contribution < -0.4 is 5.32 Å². The fraction of sp³-hybridized carbons (Fsp3) is 0.467. The quantitative estimate of drug-likeness (QED) is 0.858. The van der Waals surface area contributed by atoms with Crippen molar-refractivity contribution in [2.24, 2.45) is 5.92 Å². The summed E-state index contributed by atoms with van der Waals surface area (Å²) in [5.41, 5.74) is 0.907. The Kier molecular flexibility index (Phi) is 6.06. The molecule has 0 radical (unpaired) electrons. The predicted molar refractivity (Wildman–Crippen MR) is 73.8 cm³/mol. The van der Waals surface area contributed by atoms with Crippen LogP contribution in [0.3, 0.4) is 0 Å². The minimum Gasteiger partial charge on any atom is -0.450 e. The molecule has 4 nitrogen and oxygen atoms in total. The van der Waals surface area contributed by atoms with E-state index < -0.39 is 6.09 Å². The Morgan fingerprint density at radius 2 is 1.84 bits per heavy atom. The summed E-state index contributed by atoms with van der Waals surface area (Å²) in [6, 6.07) is 9.12. The number of amides is 1. The number of carbonyl (C=O) groups is 2. The number of hydrogen-bond acceptors (Lipinski definition) is 3. The van der Waals surface area contributed by atoms with Crippen LogP contribution in [-0.2, 0) is 9.53 Å². The predicted octanol–water partition coefficient (Wildman–Crippen LogP) is 3.09.